The average molecular weight is 719 g/mol. The molecule has 0 aromatic carbocycles. The second-order valence-corrected chi connectivity index (χ2v) is 15.5. The Kier molecular flexibility index (Phi) is 36.1. The smallest absolute Gasteiger partial charge is 0.462 e. The van der Waals surface area contributed by atoms with E-state index >= 15 is 0 Å². The van der Waals surface area contributed by atoms with Gasteiger partial charge in [0.25, 0.3) is 0 Å². The van der Waals surface area contributed by atoms with E-state index in [1.165, 1.54) is 148 Å². The Labute approximate surface area is 302 Å². The van der Waals surface area contributed by atoms with Crippen LogP contribution in [-0.4, -0.2) is 42.8 Å². The molecule has 0 fully saturated rings. The third-order valence-corrected chi connectivity index (χ3v) is 10.2. The van der Waals surface area contributed by atoms with Crippen molar-refractivity contribution in [2.45, 2.75) is 226 Å². The summed E-state index contributed by atoms with van der Waals surface area (Å²) in [6.45, 7) is 5.48. The Morgan fingerprint density at radius 3 is 1.14 bits per heavy atom. The first kappa shape index (κ1) is 48.0. The van der Waals surface area contributed by atoms with E-state index in [1.807, 2.05) is 0 Å². The van der Waals surface area contributed by atoms with Gasteiger partial charge in [0, 0.05) is 12.8 Å². The second kappa shape index (κ2) is 36.8. The van der Waals surface area contributed by atoms with E-state index in [1.54, 1.807) is 6.92 Å². The van der Waals surface area contributed by atoms with E-state index in [0.717, 1.165) is 38.5 Å². The van der Waals surface area contributed by atoms with Crippen LogP contribution in [0.15, 0.2) is 0 Å². The van der Waals surface area contributed by atoms with Gasteiger partial charge in [-0.05, 0) is 19.8 Å². The third-order valence-electron chi connectivity index (χ3n) is 9.16. The predicted octanol–water partition coefficient (Wildman–Crippen LogP) is 12.7. The van der Waals surface area contributed by atoms with Crippen LogP contribution in [0.3, 0.4) is 0 Å². The van der Waals surface area contributed by atoms with Gasteiger partial charge in [0.15, 0.2) is 6.10 Å². The fourth-order valence-corrected chi connectivity index (χ4v) is 6.86. The largest absolute Gasteiger partial charge is 0.472 e. The van der Waals surface area contributed by atoms with E-state index in [0.29, 0.717) is 6.42 Å². The van der Waals surface area contributed by atoms with Gasteiger partial charge in [-0.2, -0.15) is 0 Å². The number of carbonyl (C=O) groups excluding carboxylic acids is 2. The number of esters is 2. The van der Waals surface area contributed by atoms with Gasteiger partial charge in [0.2, 0.25) is 0 Å². The molecule has 2 unspecified atom stereocenters. The Balaban J connectivity index is 3.97. The van der Waals surface area contributed by atoms with Crippen LogP contribution in [-0.2, 0) is 32.7 Å². The molecular weight excluding hydrogens is 639 g/mol. The molecule has 0 amide bonds. The molecule has 49 heavy (non-hydrogen) atoms. The maximum Gasteiger partial charge on any atom is 0.472 e. The molecule has 8 nitrogen and oxygen atoms in total. The van der Waals surface area contributed by atoms with Crippen molar-refractivity contribution >= 4 is 19.8 Å². The molecule has 0 aliphatic carbocycles. The number of carbonyl (C=O) groups is 2. The van der Waals surface area contributed by atoms with Crippen molar-refractivity contribution < 1.29 is 37.6 Å². The van der Waals surface area contributed by atoms with Gasteiger partial charge in [0.1, 0.15) is 6.61 Å². The zero-order valence-corrected chi connectivity index (χ0v) is 33.3. The average Bonchev–Trinajstić information content (AvgIpc) is 3.07. The van der Waals surface area contributed by atoms with E-state index in [4.69, 9.17) is 18.5 Å². The van der Waals surface area contributed by atoms with E-state index in [2.05, 4.69) is 13.8 Å². The SMILES string of the molecule is CCCCCCCCCCCCCCCCCCCCCCC(=O)OC(COC(=O)CCCCCCCCCCC)COP(=O)(O)OCC. The quantitative estimate of drug-likeness (QED) is 0.0380. The summed E-state index contributed by atoms with van der Waals surface area (Å²) in [4.78, 5) is 34.6. The highest BCUT2D eigenvalue weighted by Crippen LogP contribution is 2.43. The van der Waals surface area contributed by atoms with Crippen molar-refractivity contribution in [2.24, 2.45) is 0 Å². The number of hydrogen-bond acceptors (Lipinski definition) is 7. The number of phosphoric acid groups is 1. The monoisotopic (exact) mass is 719 g/mol. The Bertz CT molecular complexity index is 777. The maximum atomic E-state index is 12.5. The minimum absolute atomic E-state index is 0.00536. The van der Waals surface area contributed by atoms with Gasteiger partial charge in [-0.15, -0.1) is 0 Å². The molecule has 0 bridgehead atoms. The summed E-state index contributed by atoms with van der Waals surface area (Å²) < 4.78 is 32.5. The fourth-order valence-electron chi connectivity index (χ4n) is 6.10. The lowest BCUT2D eigenvalue weighted by molar-refractivity contribution is -0.161. The van der Waals surface area contributed by atoms with Crippen molar-refractivity contribution in [2.75, 3.05) is 19.8 Å². The van der Waals surface area contributed by atoms with Gasteiger partial charge in [-0.3, -0.25) is 18.6 Å². The lowest BCUT2D eigenvalue weighted by atomic mass is 10.0. The van der Waals surface area contributed by atoms with Crippen molar-refractivity contribution in [1.29, 1.82) is 0 Å². The number of unbranched alkanes of at least 4 members (excludes halogenated alkanes) is 27. The van der Waals surface area contributed by atoms with Crippen LogP contribution in [0.4, 0.5) is 0 Å². The summed E-state index contributed by atoms with van der Waals surface area (Å²) in [6, 6.07) is 0. The highest BCUT2D eigenvalue weighted by atomic mass is 31.2. The number of hydrogen-bond donors (Lipinski definition) is 1. The topological polar surface area (TPSA) is 108 Å². The minimum Gasteiger partial charge on any atom is -0.462 e. The zero-order valence-electron chi connectivity index (χ0n) is 32.4. The summed E-state index contributed by atoms with van der Waals surface area (Å²) in [5, 5.41) is 0. The summed E-state index contributed by atoms with van der Waals surface area (Å²) >= 11 is 0. The molecule has 0 aromatic heterocycles. The molecule has 0 saturated carbocycles. The molecule has 2 atom stereocenters. The first-order valence-electron chi connectivity index (χ1n) is 20.8. The highest BCUT2D eigenvalue weighted by Gasteiger charge is 2.25. The molecule has 0 aliphatic heterocycles. The summed E-state index contributed by atoms with van der Waals surface area (Å²) in [7, 11) is -4.27. The van der Waals surface area contributed by atoms with Crippen LogP contribution >= 0.6 is 7.82 Å². The minimum atomic E-state index is -4.27. The first-order chi connectivity index (χ1) is 23.8. The molecule has 292 valence electrons. The molecule has 0 aliphatic rings. The molecule has 9 heteroatoms. The summed E-state index contributed by atoms with van der Waals surface area (Å²) in [5.41, 5.74) is 0. The van der Waals surface area contributed by atoms with Crippen LogP contribution < -0.4 is 0 Å². The number of ether oxygens (including phenoxy) is 2. The van der Waals surface area contributed by atoms with E-state index < -0.39 is 19.9 Å². The third kappa shape index (κ3) is 36.6. The Morgan fingerprint density at radius 2 is 0.796 bits per heavy atom. The second-order valence-electron chi connectivity index (χ2n) is 14.0. The van der Waals surface area contributed by atoms with Gasteiger partial charge in [-0.25, -0.2) is 4.57 Å². The van der Waals surface area contributed by atoms with Gasteiger partial charge >= 0.3 is 19.8 Å². The molecule has 0 spiro atoms. The molecule has 0 saturated heterocycles. The predicted molar refractivity (Wildman–Crippen MR) is 203 cm³/mol. The van der Waals surface area contributed by atoms with E-state index in [9.17, 15) is 19.0 Å². The highest BCUT2D eigenvalue weighted by molar-refractivity contribution is 7.47. The Hall–Kier alpha value is -0.950. The zero-order chi connectivity index (χ0) is 36.1. The maximum absolute atomic E-state index is 12.5. The molecule has 0 radical (unpaired) electrons. The number of rotatable bonds is 39. The van der Waals surface area contributed by atoms with Crippen LogP contribution in [0.5, 0.6) is 0 Å². The normalized spacial score (nSPS) is 13.3. The molecule has 1 N–H and O–H groups in total. The van der Waals surface area contributed by atoms with Crippen LogP contribution in [0.2, 0.25) is 0 Å². The number of phosphoric ester groups is 1. The van der Waals surface area contributed by atoms with Crippen molar-refractivity contribution in [3.8, 4) is 0 Å². The van der Waals surface area contributed by atoms with Crippen LogP contribution in [0, 0.1) is 0 Å². The van der Waals surface area contributed by atoms with E-state index in [-0.39, 0.29) is 32.2 Å². The van der Waals surface area contributed by atoms with Crippen molar-refractivity contribution in [1.82, 2.24) is 0 Å². The first-order valence-corrected chi connectivity index (χ1v) is 22.3. The Morgan fingerprint density at radius 1 is 0.469 bits per heavy atom. The summed E-state index contributed by atoms with van der Waals surface area (Å²) in [6.07, 6.45) is 36.0. The molecule has 0 aromatic rings. The summed E-state index contributed by atoms with van der Waals surface area (Å²) in [5.74, 6) is -0.787. The van der Waals surface area contributed by atoms with Crippen LogP contribution in [0.1, 0.15) is 220 Å². The van der Waals surface area contributed by atoms with Gasteiger partial charge in [-0.1, -0.05) is 187 Å². The molecule has 0 heterocycles. The van der Waals surface area contributed by atoms with Crippen molar-refractivity contribution in [3.63, 3.8) is 0 Å². The van der Waals surface area contributed by atoms with Crippen LogP contribution in [0.25, 0.3) is 0 Å². The van der Waals surface area contributed by atoms with Crippen molar-refractivity contribution in [3.05, 3.63) is 0 Å². The van der Waals surface area contributed by atoms with Gasteiger partial charge in [0.05, 0.1) is 13.2 Å². The standard InChI is InChI=1S/C40H79O8P/c1-4-7-9-11-13-15-16-17-18-19-20-21-22-23-24-25-27-29-31-33-35-40(42)48-38(37-47-49(43,44)46-6-3)36-45-39(41)34-32-30-28-26-14-12-10-8-5-2/h38H,4-37H2,1-3H3,(H,43,44). The van der Waals surface area contributed by atoms with Gasteiger partial charge < -0.3 is 14.4 Å². The fraction of sp³-hybridized carbons (Fsp3) is 0.950. The lowest BCUT2D eigenvalue weighted by Gasteiger charge is -2.19. The lowest BCUT2D eigenvalue weighted by Crippen LogP contribution is -2.29. The molecule has 0 rings (SSSR count). The molecular formula is C40H79O8P.